The van der Waals surface area contributed by atoms with Crippen LogP contribution in [0.5, 0.6) is 0 Å². The van der Waals surface area contributed by atoms with Gasteiger partial charge >= 0.3 is 5.97 Å². The van der Waals surface area contributed by atoms with E-state index in [1.54, 1.807) is 6.20 Å². The van der Waals surface area contributed by atoms with E-state index in [2.05, 4.69) is 35.7 Å². The van der Waals surface area contributed by atoms with Crippen LogP contribution in [0.3, 0.4) is 0 Å². The van der Waals surface area contributed by atoms with Crippen LogP contribution in [-0.2, 0) is 4.74 Å². The summed E-state index contributed by atoms with van der Waals surface area (Å²) in [6, 6.07) is 9.56. The number of methoxy groups -OCH3 is 1. The molecule has 0 fully saturated rings. The maximum atomic E-state index is 11.5. The zero-order valence-electron chi connectivity index (χ0n) is 10.4. The largest absolute Gasteiger partial charge is 0.463 e. The number of rotatable bonds is 2. The van der Waals surface area contributed by atoms with E-state index in [0.717, 1.165) is 15.7 Å². The van der Waals surface area contributed by atoms with Crippen LogP contribution in [0.15, 0.2) is 41.0 Å². The fraction of sp³-hybridized carbons (Fsp3) is 0.0769. The zero-order valence-corrected chi connectivity index (χ0v) is 12.0. The number of esters is 1. The molecule has 3 rings (SSSR count). The lowest BCUT2D eigenvalue weighted by atomic mass is 10.1. The van der Waals surface area contributed by atoms with Gasteiger partial charge in [0.2, 0.25) is 0 Å². The molecule has 100 valence electrons. The van der Waals surface area contributed by atoms with Gasteiger partial charge in [0, 0.05) is 16.2 Å². The van der Waals surface area contributed by atoms with E-state index < -0.39 is 5.97 Å². The normalized spacial score (nSPS) is 10.7. The van der Waals surface area contributed by atoms with Crippen LogP contribution in [0, 0.1) is 0 Å². The van der Waals surface area contributed by atoms with Crippen LogP contribution in [0.4, 0.5) is 0 Å². The van der Waals surface area contributed by atoms with Gasteiger partial charge in [-0.15, -0.1) is 5.10 Å². The smallest absolute Gasteiger partial charge is 0.378 e. The van der Waals surface area contributed by atoms with Gasteiger partial charge < -0.3 is 4.74 Å². The van der Waals surface area contributed by atoms with Crippen molar-refractivity contribution in [2.24, 2.45) is 0 Å². The lowest BCUT2D eigenvalue weighted by Crippen LogP contribution is -2.04. The van der Waals surface area contributed by atoms with Crippen molar-refractivity contribution >= 4 is 27.7 Å². The molecule has 0 saturated heterocycles. The minimum absolute atomic E-state index is 0.0116. The molecule has 0 aliphatic carbocycles. The summed E-state index contributed by atoms with van der Waals surface area (Å²) in [6.07, 6.45) is 1.63. The lowest BCUT2D eigenvalue weighted by Gasteiger charge is -2.03. The molecule has 0 aliphatic heterocycles. The predicted octanol–water partition coefficient (Wildman–Crippen LogP) is 2.34. The molecule has 0 amide bonds. The van der Waals surface area contributed by atoms with Crippen LogP contribution >= 0.6 is 15.9 Å². The minimum Gasteiger partial charge on any atom is -0.463 e. The summed E-state index contributed by atoms with van der Waals surface area (Å²) >= 11 is 3.43. The Morgan fingerprint density at radius 1 is 1.35 bits per heavy atom. The van der Waals surface area contributed by atoms with Gasteiger partial charge in [-0.2, -0.15) is 9.50 Å². The van der Waals surface area contributed by atoms with Gasteiger partial charge in [-0.1, -0.05) is 28.1 Å². The van der Waals surface area contributed by atoms with Gasteiger partial charge in [-0.25, -0.2) is 9.78 Å². The molecule has 7 heteroatoms. The number of fused-ring (bicyclic) bond motifs is 1. The van der Waals surface area contributed by atoms with E-state index in [4.69, 9.17) is 0 Å². The molecule has 0 unspecified atom stereocenters. The monoisotopic (exact) mass is 332 g/mol. The summed E-state index contributed by atoms with van der Waals surface area (Å²) in [4.78, 5) is 19.6. The molecule has 20 heavy (non-hydrogen) atoms. The van der Waals surface area contributed by atoms with Gasteiger partial charge in [0.05, 0.1) is 12.8 Å². The van der Waals surface area contributed by atoms with Crippen LogP contribution in [0.1, 0.15) is 10.6 Å². The Hall–Kier alpha value is -2.28. The number of nitrogens with zero attached hydrogens (tertiary/aromatic N) is 4. The Bertz CT molecular complexity index is 800. The second kappa shape index (κ2) is 5.01. The highest BCUT2D eigenvalue weighted by molar-refractivity contribution is 9.10. The summed E-state index contributed by atoms with van der Waals surface area (Å²) in [5, 5.41) is 4.14. The summed E-state index contributed by atoms with van der Waals surface area (Å²) in [5.74, 6) is -0.249. The van der Waals surface area contributed by atoms with Crippen LogP contribution in [0.25, 0.3) is 17.0 Å². The molecule has 6 nitrogen and oxygen atoms in total. The number of hydrogen-bond acceptors (Lipinski definition) is 5. The Morgan fingerprint density at radius 3 is 2.95 bits per heavy atom. The maximum absolute atomic E-state index is 11.5. The SMILES string of the molecule is COC(=O)c1nc2nccc(-c3cccc(Br)c3)n2n1. The standard InChI is InChI=1S/C13H9BrN4O2/c1-20-12(19)11-16-13-15-6-5-10(18(13)17-11)8-3-2-4-9(14)7-8/h2-7H,1H3. The molecule has 0 spiro atoms. The second-order valence-corrected chi connectivity index (χ2v) is 4.89. The first-order chi connectivity index (χ1) is 9.69. The van der Waals surface area contributed by atoms with E-state index in [1.807, 2.05) is 30.3 Å². The molecule has 0 N–H and O–H groups in total. The molecule has 0 radical (unpaired) electrons. The van der Waals surface area contributed by atoms with E-state index in [0.29, 0.717) is 5.78 Å². The summed E-state index contributed by atoms with van der Waals surface area (Å²) in [7, 11) is 1.29. The van der Waals surface area contributed by atoms with Gasteiger partial charge in [0.1, 0.15) is 0 Å². The van der Waals surface area contributed by atoms with E-state index >= 15 is 0 Å². The van der Waals surface area contributed by atoms with Crippen molar-refractivity contribution in [1.82, 2.24) is 19.6 Å². The average molecular weight is 333 g/mol. The van der Waals surface area contributed by atoms with Gasteiger partial charge in [-0.3, -0.25) is 0 Å². The van der Waals surface area contributed by atoms with Crippen LogP contribution in [0.2, 0.25) is 0 Å². The van der Waals surface area contributed by atoms with Crippen molar-refractivity contribution in [3.05, 3.63) is 46.8 Å². The maximum Gasteiger partial charge on any atom is 0.378 e. The van der Waals surface area contributed by atoms with Crippen molar-refractivity contribution in [3.8, 4) is 11.3 Å². The van der Waals surface area contributed by atoms with Crippen molar-refractivity contribution in [3.63, 3.8) is 0 Å². The van der Waals surface area contributed by atoms with Crippen molar-refractivity contribution in [2.75, 3.05) is 7.11 Å². The first kappa shape index (κ1) is 12.7. The fourth-order valence-electron chi connectivity index (χ4n) is 1.84. The predicted molar refractivity (Wildman–Crippen MR) is 75.3 cm³/mol. The number of ether oxygens (including phenoxy) is 1. The first-order valence-electron chi connectivity index (χ1n) is 5.75. The number of carbonyl (C=O) groups excluding carboxylic acids is 1. The Labute approximate surface area is 122 Å². The quantitative estimate of drug-likeness (QED) is 0.673. The van der Waals surface area contributed by atoms with E-state index in [1.165, 1.54) is 11.6 Å². The molecule has 0 atom stereocenters. The first-order valence-corrected chi connectivity index (χ1v) is 6.54. The third-order valence-electron chi connectivity index (χ3n) is 2.73. The van der Waals surface area contributed by atoms with Gasteiger partial charge in [0.15, 0.2) is 0 Å². The number of hydrogen-bond donors (Lipinski definition) is 0. The fourth-order valence-corrected chi connectivity index (χ4v) is 2.24. The Morgan fingerprint density at radius 2 is 2.20 bits per heavy atom. The third-order valence-corrected chi connectivity index (χ3v) is 3.22. The van der Waals surface area contributed by atoms with Crippen LogP contribution in [-0.4, -0.2) is 32.7 Å². The number of aromatic nitrogens is 4. The van der Waals surface area contributed by atoms with Crippen LogP contribution < -0.4 is 0 Å². The second-order valence-electron chi connectivity index (χ2n) is 3.98. The van der Waals surface area contributed by atoms with Crippen molar-refractivity contribution in [2.45, 2.75) is 0 Å². The molecule has 2 heterocycles. The molecule has 1 aromatic carbocycles. The molecule has 2 aromatic heterocycles. The topological polar surface area (TPSA) is 69.4 Å². The van der Waals surface area contributed by atoms with Crippen molar-refractivity contribution < 1.29 is 9.53 Å². The highest BCUT2D eigenvalue weighted by atomic mass is 79.9. The Kier molecular flexibility index (Phi) is 3.19. The molecular formula is C13H9BrN4O2. The third kappa shape index (κ3) is 2.16. The van der Waals surface area contributed by atoms with Crippen molar-refractivity contribution in [1.29, 1.82) is 0 Å². The average Bonchev–Trinajstić information content (AvgIpc) is 2.90. The van der Waals surface area contributed by atoms with E-state index in [9.17, 15) is 4.79 Å². The minimum atomic E-state index is -0.587. The Balaban J connectivity index is 2.21. The molecular weight excluding hydrogens is 324 g/mol. The van der Waals surface area contributed by atoms with E-state index in [-0.39, 0.29) is 5.82 Å². The number of carbonyl (C=O) groups is 1. The highest BCUT2D eigenvalue weighted by Crippen LogP contribution is 2.22. The zero-order chi connectivity index (χ0) is 14.1. The molecule has 0 aliphatic rings. The summed E-state index contributed by atoms with van der Waals surface area (Å²) in [5.41, 5.74) is 1.73. The van der Waals surface area contributed by atoms with Gasteiger partial charge in [-0.05, 0) is 18.2 Å². The molecule has 0 bridgehead atoms. The lowest BCUT2D eigenvalue weighted by molar-refractivity contribution is 0.0587. The summed E-state index contributed by atoms with van der Waals surface area (Å²) in [6.45, 7) is 0. The summed E-state index contributed by atoms with van der Waals surface area (Å²) < 4.78 is 7.09. The molecule has 3 aromatic rings. The highest BCUT2D eigenvalue weighted by Gasteiger charge is 2.15. The van der Waals surface area contributed by atoms with Gasteiger partial charge in [0.25, 0.3) is 11.6 Å². The molecule has 0 saturated carbocycles. The number of halogens is 1. The number of benzene rings is 1.